The molecule has 0 aliphatic rings. The van der Waals surface area contributed by atoms with Gasteiger partial charge >= 0.3 is 0 Å². The smallest absolute Gasteiger partial charge is 0.170 e. The first kappa shape index (κ1) is 15.8. The number of anilines is 1. The summed E-state index contributed by atoms with van der Waals surface area (Å²) < 4.78 is 0.904. The van der Waals surface area contributed by atoms with Gasteiger partial charge in [-0.05, 0) is 53.4 Å². The van der Waals surface area contributed by atoms with Gasteiger partial charge in [0.25, 0.3) is 0 Å². The number of hydrogen-bond donors (Lipinski definition) is 3. The van der Waals surface area contributed by atoms with Crippen LogP contribution in [0.5, 0.6) is 0 Å². The van der Waals surface area contributed by atoms with Gasteiger partial charge in [-0.3, -0.25) is 0 Å². The van der Waals surface area contributed by atoms with Crippen molar-refractivity contribution in [2.75, 3.05) is 25.1 Å². The van der Waals surface area contributed by atoms with Gasteiger partial charge in [0.05, 0.1) is 5.69 Å². The van der Waals surface area contributed by atoms with Gasteiger partial charge in [-0.1, -0.05) is 5.16 Å². The van der Waals surface area contributed by atoms with Gasteiger partial charge in [0.15, 0.2) is 5.84 Å². The topological polar surface area (TPSA) is 82.1 Å². The molecule has 0 amide bonds. The van der Waals surface area contributed by atoms with Crippen molar-refractivity contribution < 1.29 is 10.3 Å². The van der Waals surface area contributed by atoms with Crippen molar-refractivity contribution >= 4 is 27.5 Å². The Kier molecular flexibility index (Phi) is 6.66. The van der Waals surface area contributed by atoms with E-state index in [1.807, 2.05) is 25.2 Å². The van der Waals surface area contributed by atoms with Crippen molar-refractivity contribution in [3.8, 4) is 0 Å². The van der Waals surface area contributed by atoms with E-state index in [0.717, 1.165) is 36.0 Å². The van der Waals surface area contributed by atoms with E-state index >= 15 is 0 Å². The Morgan fingerprint density at radius 1 is 1.37 bits per heavy atom. The molecule has 5 nitrogen and oxygen atoms in total. The van der Waals surface area contributed by atoms with Gasteiger partial charge in [0, 0.05) is 30.2 Å². The minimum atomic E-state index is 0.0952. The van der Waals surface area contributed by atoms with Crippen molar-refractivity contribution in [1.29, 1.82) is 0 Å². The number of aliphatic hydroxyl groups excluding tert-OH is 1. The number of amidine groups is 1. The molecule has 0 atom stereocenters. The first-order chi connectivity index (χ1) is 9.10. The van der Waals surface area contributed by atoms with Gasteiger partial charge < -0.3 is 20.9 Å². The molecule has 4 N–H and O–H groups in total. The van der Waals surface area contributed by atoms with Gasteiger partial charge in [-0.2, -0.15) is 0 Å². The van der Waals surface area contributed by atoms with E-state index in [-0.39, 0.29) is 12.4 Å². The zero-order valence-electron chi connectivity index (χ0n) is 11.0. The fourth-order valence-electron chi connectivity index (χ4n) is 1.79. The number of oxime groups is 1. The largest absolute Gasteiger partial charge is 0.409 e. The van der Waals surface area contributed by atoms with Gasteiger partial charge in [-0.15, -0.1) is 0 Å². The standard InChI is InChI=1S/C13H20BrN3O2/c1-17(7-3-2-4-8-18)12-6-5-10(9-11(12)14)13(15)16-19/h5-6,9,18-19H,2-4,7-8H2,1H3,(H2,15,16). The van der Waals surface area contributed by atoms with Crippen LogP contribution in [0.3, 0.4) is 0 Å². The van der Waals surface area contributed by atoms with Crippen molar-refractivity contribution in [2.45, 2.75) is 19.3 Å². The third kappa shape index (κ3) is 4.72. The van der Waals surface area contributed by atoms with Crippen LogP contribution in [0.2, 0.25) is 0 Å². The monoisotopic (exact) mass is 329 g/mol. The maximum Gasteiger partial charge on any atom is 0.170 e. The summed E-state index contributed by atoms with van der Waals surface area (Å²) in [6, 6.07) is 5.58. The van der Waals surface area contributed by atoms with Crippen molar-refractivity contribution in [3.05, 3.63) is 28.2 Å². The number of rotatable bonds is 7. The van der Waals surface area contributed by atoms with Crippen LogP contribution in [0.25, 0.3) is 0 Å². The summed E-state index contributed by atoms with van der Waals surface area (Å²) in [5, 5.41) is 20.4. The van der Waals surface area contributed by atoms with E-state index in [1.54, 1.807) is 0 Å². The van der Waals surface area contributed by atoms with Crippen LogP contribution in [0, 0.1) is 0 Å². The summed E-state index contributed by atoms with van der Waals surface area (Å²) in [6.07, 6.45) is 2.89. The molecular formula is C13H20BrN3O2. The summed E-state index contributed by atoms with van der Waals surface area (Å²) in [5.41, 5.74) is 7.27. The molecule has 1 aromatic rings. The fourth-order valence-corrected chi connectivity index (χ4v) is 2.47. The molecule has 1 rings (SSSR count). The lowest BCUT2D eigenvalue weighted by Gasteiger charge is -2.21. The highest BCUT2D eigenvalue weighted by atomic mass is 79.9. The molecule has 0 aliphatic carbocycles. The molecule has 0 aliphatic heterocycles. The van der Waals surface area contributed by atoms with Crippen molar-refractivity contribution in [1.82, 2.24) is 0 Å². The van der Waals surface area contributed by atoms with Crippen LogP contribution in [-0.2, 0) is 0 Å². The van der Waals surface area contributed by atoms with Gasteiger partial charge in [0.1, 0.15) is 0 Å². The normalized spacial score (nSPS) is 11.6. The molecule has 0 unspecified atom stereocenters. The average Bonchev–Trinajstić information content (AvgIpc) is 2.42. The highest BCUT2D eigenvalue weighted by molar-refractivity contribution is 9.10. The molecule has 0 radical (unpaired) electrons. The number of unbranched alkanes of at least 4 members (excludes halogenated alkanes) is 2. The molecule has 0 spiro atoms. The second-order valence-electron chi connectivity index (χ2n) is 4.36. The Morgan fingerprint density at radius 2 is 2.11 bits per heavy atom. The molecule has 0 heterocycles. The molecule has 0 saturated carbocycles. The summed E-state index contributed by atoms with van der Waals surface area (Å²) in [7, 11) is 2.02. The number of halogens is 1. The number of aliphatic hydroxyl groups is 1. The maximum absolute atomic E-state index is 8.73. The zero-order valence-corrected chi connectivity index (χ0v) is 12.6. The van der Waals surface area contributed by atoms with E-state index in [9.17, 15) is 0 Å². The number of hydrogen-bond acceptors (Lipinski definition) is 4. The molecule has 0 fully saturated rings. The second-order valence-corrected chi connectivity index (χ2v) is 5.21. The number of nitrogens with two attached hydrogens (primary N) is 1. The predicted octanol–water partition coefficient (Wildman–Crippen LogP) is 2.14. The van der Waals surface area contributed by atoms with Crippen LogP contribution in [-0.4, -0.2) is 36.3 Å². The quantitative estimate of drug-likeness (QED) is 0.235. The summed E-state index contributed by atoms with van der Waals surface area (Å²) in [6.45, 7) is 1.17. The zero-order chi connectivity index (χ0) is 14.3. The van der Waals surface area contributed by atoms with Gasteiger partial charge in [-0.25, -0.2) is 0 Å². The first-order valence-corrected chi connectivity index (χ1v) is 6.99. The number of benzene rings is 1. The molecule has 6 heteroatoms. The Labute approximate surface area is 121 Å². The Balaban J connectivity index is 2.68. The maximum atomic E-state index is 8.73. The van der Waals surface area contributed by atoms with E-state index in [4.69, 9.17) is 16.0 Å². The number of nitrogens with zero attached hydrogens (tertiary/aromatic N) is 2. The van der Waals surface area contributed by atoms with Crippen LogP contribution in [0.1, 0.15) is 24.8 Å². The first-order valence-electron chi connectivity index (χ1n) is 6.19. The van der Waals surface area contributed by atoms with Crippen LogP contribution < -0.4 is 10.6 Å². The van der Waals surface area contributed by atoms with Crippen molar-refractivity contribution in [3.63, 3.8) is 0 Å². The minimum Gasteiger partial charge on any atom is -0.409 e. The van der Waals surface area contributed by atoms with E-state index in [1.165, 1.54) is 0 Å². The lowest BCUT2D eigenvalue weighted by Crippen LogP contribution is -2.20. The Morgan fingerprint density at radius 3 is 2.68 bits per heavy atom. The Hall–Kier alpha value is -1.27. The highest BCUT2D eigenvalue weighted by Gasteiger charge is 2.08. The van der Waals surface area contributed by atoms with E-state index in [0.29, 0.717) is 5.56 Å². The lowest BCUT2D eigenvalue weighted by atomic mass is 10.1. The third-order valence-corrected chi connectivity index (χ3v) is 3.55. The summed E-state index contributed by atoms with van der Waals surface area (Å²) in [5.74, 6) is 0.0952. The fraction of sp³-hybridized carbons (Fsp3) is 0.462. The van der Waals surface area contributed by atoms with Crippen LogP contribution in [0.4, 0.5) is 5.69 Å². The summed E-state index contributed by atoms with van der Waals surface area (Å²) >= 11 is 3.49. The van der Waals surface area contributed by atoms with E-state index < -0.39 is 0 Å². The minimum absolute atomic E-state index is 0.0952. The molecular weight excluding hydrogens is 310 g/mol. The molecule has 0 aromatic heterocycles. The molecule has 0 saturated heterocycles. The molecule has 106 valence electrons. The predicted molar refractivity (Wildman–Crippen MR) is 80.9 cm³/mol. The lowest BCUT2D eigenvalue weighted by molar-refractivity contribution is 0.283. The van der Waals surface area contributed by atoms with Crippen LogP contribution >= 0.6 is 15.9 Å². The molecule has 19 heavy (non-hydrogen) atoms. The molecule has 0 bridgehead atoms. The van der Waals surface area contributed by atoms with Crippen molar-refractivity contribution in [2.24, 2.45) is 10.9 Å². The molecule has 1 aromatic carbocycles. The Bertz CT molecular complexity index is 438. The van der Waals surface area contributed by atoms with E-state index in [2.05, 4.69) is 26.0 Å². The third-order valence-electron chi connectivity index (χ3n) is 2.91. The van der Waals surface area contributed by atoms with Crippen LogP contribution in [0.15, 0.2) is 27.8 Å². The average molecular weight is 330 g/mol. The SMILES string of the molecule is CN(CCCCCO)c1ccc(/C(N)=N/O)cc1Br. The highest BCUT2D eigenvalue weighted by Crippen LogP contribution is 2.26. The van der Waals surface area contributed by atoms with Gasteiger partial charge in [0.2, 0.25) is 0 Å². The second kappa shape index (κ2) is 8.01. The summed E-state index contributed by atoms with van der Waals surface area (Å²) in [4.78, 5) is 2.14.